The summed E-state index contributed by atoms with van der Waals surface area (Å²) < 4.78 is 26.8. The highest BCUT2D eigenvalue weighted by atomic mass is 19.2. The highest BCUT2D eigenvalue weighted by Crippen LogP contribution is 2.25. The van der Waals surface area contributed by atoms with Gasteiger partial charge in [0.05, 0.1) is 5.69 Å². The van der Waals surface area contributed by atoms with Crippen LogP contribution in [0, 0.1) is 25.5 Å². The topological polar surface area (TPSA) is 55.1 Å². The fraction of sp³-hybridized carbons (Fsp3) is 0.133. The normalized spacial score (nSPS) is 10.4. The van der Waals surface area contributed by atoms with E-state index in [0.29, 0.717) is 5.56 Å². The Hall–Kier alpha value is -2.43. The molecule has 0 aliphatic rings. The first-order valence-electron chi connectivity index (χ1n) is 6.02. The van der Waals surface area contributed by atoms with E-state index in [4.69, 9.17) is 5.73 Å². The Morgan fingerprint density at radius 3 is 2.45 bits per heavy atom. The minimum absolute atomic E-state index is 0.0268. The summed E-state index contributed by atoms with van der Waals surface area (Å²) in [7, 11) is 0. The molecule has 1 amide bonds. The molecule has 0 aliphatic carbocycles. The molecule has 0 fully saturated rings. The molecule has 3 N–H and O–H groups in total. The van der Waals surface area contributed by atoms with Gasteiger partial charge < -0.3 is 11.1 Å². The van der Waals surface area contributed by atoms with E-state index in [1.54, 1.807) is 18.2 Å². The lowest BCUT2D eigenvalue weighted by Gasteiger charge is -2.10. The first kappa shape index (κ1) is 14.0. The molecule has 0 unspecified atom stereocenters. The zero-order chi connectivity index (χ0) is 14.9. The second-order valence-electron chi connectivity index (χ2n) is 4.58. The number of hydrogen-bond donors (Lipinski definition) is 2. The number of nitrogens with two attached hydrogens (primary N) is 1. The molecular formula is C15H14F2N2O. The van der Waals surface area contributed by atoms with Crippen LogP contribution >= 0.6 is 0 Å². The third kappa shape index (κ3) is 2.61. The van der Waals surface area contributed by atoms with Gasteiger partial charge in [0.15, 0.2) is 11.6 Å². The molecule has 2 aromatic carbocycles. The number of halogens is 2. The predicted octanol–water partition coefficient (Wildman–Crippen LogP) is 3.42. The summed E-state index contributed by atoms with van der Waals surface area (Å²) in [4.78, 5) is 12.0. The number of carbonyl (C=O) groups excluding carboxylic acids is 1. The van der Waals surface area contributed by atoms with E-state index in [2.05, 4.69) is 5.32 Å². The Morgan fingerprint density at radius 1 is 1.10 bits per heavy atom. The fourth-order valence-electron chi connectivity index (χ4n) is 1.76. The Labute approximate surface area is 115 Å². The van der Waals surface area contributed by atoms with Gasteiger partial charge in [0.2, 0.25) is 0 Å². The molecule has 2 rings (SSSR count). The van der Waals surface area contributed by atoms with Crippen molar-refractivity contribution in [2.24, 2.45) is 0 Å². The fourth-order valence-corrected chi connectivity index (χ4v) is 1.76. The van der Waals surface area contributed by atoms with Gasteiger partial charge in [-0.1, -0.05) is 6.07 Å². The van der Waals surface area contributed by atoms with E-state index >= 15 is 0 Å². The maximum atomic E-state index is 13.6. The number of anilines is 2. The van der Waals surface area contributed by atoms with Gasteiger partial charge in [0, 0.05) is 5.56 Å². The molecule has 0 saturated carbocycles. The van der Waals surface area contributed by atoms with E-state index in [9.17, 15) is 13.6 Å². The van der Waals surface area contributed by atoms with Crippen LogP contribution in [0.5, 0.6) is 0 Å². The molecule has 104 valence electrons. The van der Waals surface area contributed by atoms with Crippen molar-refractivity contribution in [3.05, 3.63) is 58.7 Å². The van der Waals surface area contributed by atoms with Crippen molar-refractivity contribution in [2.75, 3.05) is 11.1 Å². The van der Waals surface area contributed by atoms with Crippen LogP contribution in [-0.2, 0) is 0 Å². The standard InChI is InChI=1S/C15H14F2N2O/c1-8-3-4-10(7-9(8)2)15(20)19-14-12(18)6-5-11(16)13(14)17/h3-7H,18H2,1-2H3,(H,19,20). The van der Waals surface area contributed by atoms with Crippen molar-refractivity contribution < 1.29 is 13.6 Å². The van der Waals surface area contributed by atoms with E-state index in [1.165, 1.54) is 6.07 Å². The lowest BCUT2D eigenvalue weighted by atomic mass is 10.1. The van der Waals surface area contributed by atoms with Gasteiger partial charge in [-0.3, -0.25) is 4.79 Å². The number of rotatable bonds is 2. The SMILES string of the molecule is Cc1ccc(C(=O)Nc2c(N)ccc(F)c2F)cc1C. The molecule has 0 atom stereocenters. The largest absolute Gasteiger partial charge is 0.397 e. The zero-order valence-corrected chi connectivity index (χ0v) is 11.1. The monoisotopic (exact) mass is 276 g/mol. The minimum atomic E-state index is -1.16. The molecule has 0 saturated heterocycles. The third-order valence-electron chi connectivity index (χ3n) is 3.13. The van der Waals surface area contributed by atoms with Gasteiger partial charge in [-0.05, 0) is 49.2 Å². The Bertz CT molecular complexity index is 684. The Morgan fingerprint density at radius 2 is 1.80 bits per heavy atom. The summed E-state index contributed by atoms with van der Waals surface area (Å²) in [5, 5.41) is 2.30. The van der Waals surface area contributed by atoms with Crippen LogP contribution < -0.4 is 11.1 Å². The number of amides is 1. The molecule has 0 heterocycles. The zero-order valence-electron chi connectivity index (χ0n) is 11.1. The number of nitrogen functional groups attached to an aromatic ring is 1. The van der Waals surface area contributed by atoms with Gasteiger partial charge in [0.1, 0.15) is 5.69 Å². The summed E-state index contributed by atoms with van der Waals surface area (Å²) in [5.74, 6) is -2.76. The summed E-state index contributed by atoms with van der Waals surface area (Å²) in [5.41, 5.74) is 7.52. The Kier molecular flexibility index (Phi) is 3.70. The van der Waals surface area contributed by atoms with Crippen molar-refractivity contribution in [1.29, 1.82) is 0 Å². The lowest BCUT2D eigenvalue weighted by molar-refractivity contribution is 0.102. The predicted molar refractivity (Wildman–Crippen MR) is 74.6 cm³/mol. The average molecular weight is 276 g/mol. The Balaban J connectivity index is 2.32. The van der Waals surface area contributed by atoms with Crippen LogP contribution in [0.3, 0.4) is 0 Å². The number of aryl methyl sites for hydroxylation is 2. The van der Waals surface area contributed by atoms with Crippen LogP contribution in [0.4, 0.5) is 20.2 Å². The molecule has 0 aromatic heterocycles. The van der Waals surface area contributed by atoms with Crippen LogP contribution in [0.15, 0.2) is 30.3 Å². The molecule has 20 heavy (non-hydrogen) atoms. The molecule has 0 spiro atoms. The number of benzene rings is 2. The molecule has 2 aromatic rings. The van der Waals surface area contributed by atoms with E-state index in [1.807, 2.05) is 13.8 Å². The van der Waals surface area contributed by atoms with Crippen LogP contribution in [-0.4, -0.2) is 5.91 Å². The first-order chi connectivity index (χ1) is 9.40. The third-order valence-corrected chi connectivity index (χ3v) is 3.13. The van der Waals surface area contributed by atoms with Crippen molar-refractivity contribution >= 4 is 17.3 Å². The summed E-state index contributed by atoms with van der Waals surface area (Å²) in [6.07, 6.45) is 0. The minimum Gasteiger partial charge on any atom is -0.397 e. The van der Waals surface area contributed by atoms with Gasteiger partial charge in [-0.2, -0.15) is 0 Å². The maximum absolute atomic E-state index is 13.6. The van der Waals surface area contributed by atoms with Gasteiger partial charge >= 0.3 is 0 Å². The van der Waals surface area contributed by atoms with Crippen LogP contribution in [0.2, 0.25) is 0 Å². The lowest BCUT2D eigenvalue weighted by Crippen LogP contribution is -2.15. The number of nitrogens with one attached hydrogen (secondary N) is 1. The van der Waals surface area contributed by atoms with Crippen LogP contribution in [0.1, 0.15) is 21.5 Å². The summed E-state index contributed by atoms with van der Waals surface area (Å²) in [6.45, 7) is 3.78. The first-order valence-corrected chi connectivity index (χ1v) is 6.02. The summed E-state index contributed by atoms with van der Waals surface area (Å²) in [6, 6.07) is 7.20. The van der Waals surface area contributed by atoms with E-state index in [-0.39, 0.29) is 11.4 Å². The van der Waals surface area contributed by atoms with Crippen molar-refractivity contribution in [2.45, 2.75) is 13.8 Å². The summed E-state index contributed by atoms with van der Waals surface area (Å²) >= 11 is 0. The smallest absolute Gasteiger partial charge is 0.255 e. The second kappa shape index (κ2) is 5.28. The second-order valence-corrected chi connectivity index (χ2v) is 4.58. The van der Waals surface area contributed by atoms with Crippen molar-refractivity contribution in [3.8, 4) is 0 Å². The van der Waals surface area contributed by atoms with Gasteiger partial charge in [-0.25, -0.2) is 8.78 Å². The molecule has 0 radical (unpaired) electrons. The van der Waals surface area contributed by atoms with E-state index in [0.717, 1.165) is 17.2 Å². The highest BCUT2D eigenvalue weighted by molar-refractivity contribution is 6.06. The number of carbonyl (C=O) groups is 1. The van der Waals surface area contributed by atoms with Gasteiger partial charge in [-0.15, -0.1) is 0 Å². The van der Waals surface area contributed by atoms with Crippen LogP contribution in [0.25, 0.3) is 0 Å². The average Bonchev–Trinajstić information content (AvgIpc) is 2.42. The van der Waals surface area contributed by atoms with E-state index < -0.39 is 17.5 Å². The van der Waals surface area contributed by atoms with Gasteiger partial charge in [0.25, 0.3) is 5.91 Å². The molecular weight excluding hydrogens is 262 g/mol. The molecule has 5 heteroatoms. The quantitative estimate of drug-likeness (QED) is 0.826. The van der Waals surface area contributed by atoms with Crippen molar-refractivity contribution in [3.63, 3.8) is 0 Å². The molecule has 0 bridgehead atoms. The van der Waals surface area contributed by atoms with Crippen molar-refractivity contribution in [1.82, 2.24) is 0 Å². The molecule has 0 aliphatic heterocycles. The molecule has 3 nitrogen and oxygen atoms in total. The number of hydrogen-bond acceptors (Lipinski definition) is 2. The maximum Gasteiger partial charge on any atom is 0.255 e. The highest BCUT2D eigenvalue weighted by Gasteiger charge is 2.15.